The normalized spacial score (nSPS) is 22.6. The molecule has 0 aliphatic carbocycles. The third kappa shape index (κ3) is 2.44. The highest BCUT2D eigenvalue weighted by molar-refractivity contribution is 5.08. The third-order valence-corrected chi connectivity index (χ3v) is 3.42. The molecule has 2 rings (SSSR count). The predicted molar refractivity (Wildman–Crippen MR) is 63.1 cm³/mol. The highest BCUT2D eigenvalue weighted by Gasteiger charge is 2.22. The average Bonchev–Trinajstić information content (AvgIpc) is 2.58. The number of nitrogens with zero attached hydrogens (tertiary/aromatic N) is 3. The zero-order valence-electron chi connectivity index (χ0n) is 10.2. The molecule has 4 heteroatoms. The van der Waals surface area contributed by atoms with Crippen molar-refractivity contribution >= 4 is 0 Å². The van der Waals surface area contributed by atoms with Gasteiger partial charge in [0.1, 0.15) is 0 Å². The zero-order chi connectivity index (χ0) is 11.5. The van der Waals surface area contributed by atoms with Gasteiger partial charge >= 0.3 is 0 Å². The van der Waals surface area contributed by atoms with Gasteiger partial charge in [-0.2, -0.15) is 5.10 Å². The van der Waals surface area contributed by atoms with Gasteiger partial charge in [0.05, 0.1) is 18.0 Å². The van der Waals surface area contributed by atoms with Crippen LogP contribution >= 0.6 is 0 Å². The van der Waals surface area contributed by atoms with Gasteiger partial charge in [-0.05, 0) is 32.4 Å². The van der Waals surface area contributed by atoms with Crippen LogP contribution in [0.2, 0.25) is 0 Å². The molecule has 0 aromatic carbocycles. The van der Waals surface area contributed by atoms with Crippen molar-refractivity contribution in [3.8, 4) is 0 Å². The minimum atomic E-state index is 0.275. The van der Waals surface area contributed by atoms with Gasteiger partial charge in [0.2, 0.25) is 0 Å². The lowest BCUT2D eigenvalue weighted by atomic mass is 10.0. The molecule has 1 fully saturated rings. The summed E-state index contributed by atoms with van der Waals surface area (Å²) in [4.78, 5) is 2.37. The maximum atomic E-state index is 9.35. The highest BCUT2D eigenvalue weighted by Crippen LogP contribution is 2.19. The Morgan fingerprint density at radius 2 is 2.31 bits per heavy atom. The van der Waals surface area contributed by atoms with E-state index in [1.807, 2.05) is 18.7 Å². The number of piperidine rings is 1. The Labute approximate surface area is 96.9 Å². The number of aryl methyl sites for hydroxylation is 2. The SMILES string of the molecule is Cc1cc(CN2CCCCC2CO)n(C)n1. The summed E-state index contributed by atoms with van der Waals surface area (Å²) in [5.74, 6) is 0. The molecule has 1 atom stereocenters. The van der Waals surface area contributed by atoms with Gasteiger partial charge in [0.15, 0.2) is 0 Å². The number of likely N-dealkylation sites (tertiary alicyclic amines) is 1. The van der Waals surface area contributed by atoms with Crippen LogP contribution < -0.4 is 0 Å². The summed E-state index contributed by atoms with van der Waals surface area (Å²) in [6.07, 6.45) is 3.60. The van der Waals surface area contributed by atoms with Crippen LogP contribution in [0.5, 0.6) is 0 Å². The lowest BCUT2D eigenvalue weighted by molar-refractivity contribution is 0.0821. The molecule has 16 heavy (non-hydrogen) atoms. The predicted octanol–water partition coefficient (Wildman–Crippen LogP) is 1.08. The van der Waals surface area contributed by atoms with E-state index >= 15 is 0 Å². The second kappa shape index (κ2) is 4.97. The zero-order valence-corrected chi connectivity index (χ0v) is 10.2. The molecule has 1 aromatic rings. The van der Waals surface area contributed by atoms with E-state index in [2.05, 4.69) is 16.1 Å². The second-order valence-electron chi connectivity index (χ2n) is 4.70. The van der Waals surface area contributed by atoms with Gasteiger partial charge in [-0.1, -0.05) is 6.42 Å². The van der Waals surface area contributed by atoms with E-state index in [0.717, 1.165) is 25.2 Å². The Kier molecular flexibility index (Phi) is 3.61. The van der Waals surface area contributed by atoms with E-state index < -0.39 is 0 Å². The number of aromatic nitrogens is 2. The Bertz CT molecular complexity index is 348. The molecule has 1 aromatic heterocycles. The molecule has 0 bridgehead atoms. The van der Waals surface area contributed by atoms with E-state index in [4.69, 9.17) is 0 Å². The minimum Gasteiger partial charge on any atom is -0.395 e. The Balaban J connectivity index is 2.04. The first-order chi connectivity index (χ1) is 7.70. The maximum absolute atomic E-state index is 9.35. The van der Waals surface area contributed by atoms with Crippen molar-refractivity contribution in [3.05, 3.63) is 17.5 Å². The summed E-state index contributed by atoms with van der Waals surface area (Å²) >= 11 is 0. The summed E-state index contributed by atoms with van der Waals surface area (Å²) in [6, 6.07) is 2.47. The summed E-state index contributed by atoms with van der Waals surface area (Å²) in [7, 11) is 1.99. The minimum absolute atomic E-state index is 0.275. The van der Waals surface area contributed by atoms with Crippen LogP contribution in [0, 0.1) is 6.92 Å². The van der Waals surface area contributed by atoms with Crippen molar-refractivity contribution in [2.75, 3.05) is 13.2 Å². The van der Waals surface area contributed by atoms with E-state index in [1.54, 1.807) is 0 Å². The molecular formula is C12H21N3O. The molecule has 90 valence electrons. The van der Waals surface area contributed by atoms with Crippen LogP contribution in [0.4, 0.5) is 0 Å². The lowest BCUT2D eigenvalue weighted by Crippen LogP contribution is -2.41. The molecule has 4 nitrogen and oxygen atoms in total. The lowest BCUT2D eigenvalue weighted by Gasteiger charge is -2.34. The number of hydrogen-bond donors (Lipinski definition) is 1. The molecule has 1 aliphatic rings. The van der Waals surface area contributed by atoms with Crippen LogP contribution in [-0.4, -0.2) is 39.0 Å². The first-order valence-electron chi connectivity index (χ1n) is 6.05. The Morgan fingerprint density at radius 1 is 1.50 bits per heavy atom. The van der Waals surface area contributed by atoms with Crippen LogP contribution in [0.3, 0.4) is 0 Å². The summed E-state index contributed by atoms with van der Waals surface area (Å²) in [5, 5.41) is 13.7. The van der Waals surface area contributed by atoms with Crippen molar-refractivity contribution in [1.29, 1.82) is 0 Å². The van der Waals surface area contributed by atoms with Gasteiger partial charge in [0.25, 0.3) is 0 Å². The standard InChI is InChI=1S/C12H21N3O/c1-10-7-12(14(2)13-10)8-15-6-4-3-5-11(15)9-16/h7,11,16H,3-6,8-9H2,1-2H3. The van der Waals surface area contributed by atoms with E-state index in [1.165, 1.54) is 18.5 Å². The van der Waals surface area contributed by atoms with Crippen LogP contribution in [0.25, 0.3) is 0 Å². The van der Waals surface area contributed by atoms with Crippen molar-refractivity contribution in [2.24, 2.45) is 7.05 Å². The van der Waals surface area contributed by atoms with E-state index in [0.29, 0.717) is 6.04 Å². The van der Waals surface area contributed by atoms with Crippen LogP contribution in [0.15, 0.2) is 6.07 Å². The van der Waals surface area contributed by atoms with Crippen molar-refractivity contribution in [1.82, 2.24) is 14.7 Å². The van der Waals surface area contributed by atoms with Crippen molar-refractivity contribution < 1.29 is 5.11 Å². The fraction of sp³-hybridized carbons (Fsp3) is 0.750. The molecular weight excluding hydrogens is 202 g/mol. The molecule has 1 N–H and O–H groups in total. The van der Waals surface area contributed by atoms with Gasteiger partial charge in [0, 0.05) is 19.6 Å². The first kappa shape index (κ1) is 11.6. The van der Waals surface area contributed by atoms with Gasteiger partial charge in [-0.15, -0.1) is 0 Å². The van der Waals surface area contributed by atoms with E-state index in [9.17, 15) is 5.11 Å². The summed E-state index contributed by atoms with van der Waals surface area (Å²) in [6.45, 7) is 4.29. The molecule has 0 radical (unpaired) electrons. The van der Waals surface area contributed by atoms with E-state index in [-0.39, 0.29) is 6.61 Å². The quantitative estimate of drug-likeness (QED) is 0.833. The first-order valence-corrected chi connectivity index (χ1v) is 6.05. The fourth-order valence-corrected chi connectivity index (χ4v) is 2.50. The van der Waals surface area contributed by atoms with Gasteiger partial charge in [-0.3, -0.25) is 9.58 Å². The molecule has 0 amide bonds. The molecule has 2 heterocycles. The summed E-state index contributed by atoms with van der Waals surface area (Å²) in [5.41, 5.74) is 2.30. The molecule has 0 spiro atoms. The number of rotatable bonds is 3. The van der Waals surface area contributed by atoms with Crippen LogP contribution in [0.1, 0.15) is 30.7 Å². The van der Waals surface area contributed by atoms with Crippen molar-refractivity contribution in [3.63, 3.8) is 0 Å². The largest absolute Gasteiger partial charge is 0.395 e. The molecule has 1 unspecified atom stereocenters. The Morgan fingerprint density at radius 3 is 2.94 bits per heavy atom. The second-order valence-corrected chi connectivity index (χ2v) is 4.70. The number of aliphatic hydroxyl groups excluding tert-OH is 1. The highest BCUT2D eigenvalue weighted by atomic mass is 16.3. The number of aliphatic hydroxyl groups is 1. The monoisotopic (exact) mass is 223 g/mol. The van der Waals surface area contributed by atoms with Gasteiger partial charge in [-0.25, -0.2) is 0 Å². The Hall–Kier alpha value is -0.870. The van der Waals surface area contributed by atoms with Gasteiger partial charge < -0.3 is 5.11 Å². The maximum Gasteiger partial charge on any atom is 0.0597 e. The molecule has 1 aliphatic heterocycles. The molecule has 1 saturated heterocycles. The fourth-order valence-electron chi connectivity index (χ4n) is 2.50. The molecule has 0 saturated carbocycles. The van der Waals surface area contributed by atoms with Crippen molar-refractivity contribution in [2.45, 2.75) is 38.8 Å². The smallest absolute Gasteiger partial charge is 0.0597 e. The average molecular weight is 223 g/mol. The third-order valence-electron chi connectivity index (χ3n) is 3.42. The number of hydrogen-bond acceptors (Lipinski definition) is 3. The summed E-state index contributed by atoms with van der Waals surface area (Å²) < 4.78 is 1.94. The van der Waals surface area contributed by atoms with Crippen LogP contribution in [-0.2, 0) is 13.6 Å². The topological polar surface area (TPSA) is 41.3 Å².